The Balaban J connectivity index is 2.89. The number of carbonyl (C=O) groups is 2. The topological polar surface area (TPSA) is 66.8 Å². The van der Waals surface area contributed by atoms with E-state index in [0.29, 0.717) is 0 Å². The highest BCUT2D eigenvalue weighted by atomic mass is 16.6. The third-order valence-electron chi connectivity index (χ3n) is 3.70. The minimum absolute atomic E-state index is 0.127. The van der Waals surface area contributed by atoms with Crippen LogP contribution in [0.25, 0.3) is 0 Å². The minimum atomic E-state index is -0.876. The zero-order valence-electron chi connectivity index (χ0n) is 12.2. The maximum absolute atomic E-state index is 12.4. The zero-order chi connectivity index (χ0) is 14.7. The van der Waals surface area contributed by atoms with Crippen LogP contribution in [-0.2, 0) is 9.53 Å². The molecule has 0 spiro atoms. The summed E-state index contributed by atoms with van der Waals surface area (Å²) in [5, 5.41) is 10.1. The molecule has 5 heteroatoms. The summed E-state index contributed by atoms with van der Waals surface area (Å²) in [4.78, 5) is 25.2. The molecule has 2 amide bonds. The third-order valence-corrected chi connectivity index (χ3v) is 3.70. The van der Waals surface area contributed by atoms with Crippen molar-refractivity contribution in [3.8, 4) is 0 Å². The Bertz CT molecular complexity index is 389. The first kappa shape index (κ1) is 15.7. The van der Waals surface area contributed by atoms with Crippen LogP contribution in [0, 0.1) is 11.8 Å². The third kappa shape index (κ3) is 3.15. The second kappa shape index (κ2) is 6.19. The molecule has 1 aliphatic heterocycles. The fraction of sp³-hybridized carbons (Fsp3) is 0.714. The number of ether oxygens (including phenoxy) is 1. The van der Waals surface area contributed by atoms with E-state index >= 15 is 0 Å². The number of aliphatic hydroxyl groups is 1. The number of aliphatic hydroxyl groups excluding tert-OH is 1. The molecule has 0 aliphatic carbocycles. The average molecular weight is 269 g/mol. The lowest BCUT2D eigenvalue weighted by atomic mass is 9.95. The number of hydrogen-bond acceptors (Lipinski definition) is 4. The Morgan fingerprint density at radius 2 is 2.05 bits per heavy atom. The molecule has 19 heavy (non-hydrogen) atoms. The normalized spacial score (nSPS) is 23.5. The summed E-state index contributed by atoms with van der Waals surface area (Å²) < 4.78 is 4.95. The molecule has 1 saturated heterocycles. The fourth-order valence-electron chi connectivity index (χ4n) is 2.10. The quantitative estimate of drug-likeness (QED) is 0.792. The second-order valence-electron chi connectivity index (χ2n) is 5.36. The number of allylic oxidation sites excluding steroid dienone is 1. The number of cyclic esters (lactones) is 1. The van der Waals surface area contributed by atoms with E-state index in [9.17, 15) is 14.7 Å². The van der Waals surface area contributed by atoms with Crippen molar-refractivity contribution in [1.82, 2.24) is 4.90 Å². The molecule has 3 atom stereocenters. The summed E-state index contributed by atoms with van der Waals surface area (Å²) in [6.45, 7) is 9.29. The summed E-state index contributed by atoms with van der Waals surface area (Å²) in [7, 11) is 0. The van der Waals surface area contributed by atoms with Gasteiger partial charge in [-0.05, 0) is 25.3 Å². The first-order valence-electron chi connectivity index (χ1n) is 6.62. The number of rotatable bonds is 4. The average Bonchev–Trinajstić information content (AvgIpc) is 2.77. The number of carbonyl (C=O) groups excluding carboxylic acids is 2. The van der Waals surface area contributed by atoms with Crippen molar-refractivity contribution in [1.29, 1.82) is 0 Å². The van der Waals surface area contributed by atoms with E-state index in [4.69, 9.17) is 4.74 Å². The summed E-state index contributed by atoms with van der Waals surface area (Å²) in [5.74, 6) is -0.916. The fourth-order valence-corrected chi connectivity index (χ4v) is 2.10. The summed E-state index contributed by atoms with van der Waals surface area (Å²) in [6, 6.07) is -0.249. The summed E-state index contributed by atoms with van der Waals surface area (Å²) >= 11 is 0. The monoisotopic (exact) mass is 269 g/mol. The van der Waals surface area contributed by atoms with Crippen molar-refractivity contribution >= 4 is 12.0 Å². The lowest BCUT2D eigenvalue weighted by Crippen LogP contribution is -2.46. The molecule has 1 heterocycles. The molecule has 1 rings (SSSR count). The van der Waals surface area contributed by atoms with E-state index in [1.165, 1.54) is 0 Å². The molecule has 1 aliphatic rings. The summed E-state index contributed by atoms with van der Waals surface area (Å²) in [5.41, 5.74) is 0.717. The van der Waals surface area contributed by atoms with Gasteiger partial charge in [0.05, 0.1) is 18.1 Å². The Kier molecular flexibility index (Phi) is 5.11. The van der Waals surface area contributed by atoms with E-state index in [1.54, 1.807) is 26.8 Å². The van der Waals surface area contributed by atoms with Gasteiger partial charge in [-0.1, -0.05) is 26.8 Å². The number of hydrogen-bond donors (Lipinski definition) is 1. The Hall–Kier alpha value is -1.36. The van der Waals surface area contributed by atoms with Crippen molar-refractivity contribution in [2.75, 3.05) is 6.61 Å². The molecule has 0 aromatic rings. The Morgan fingerprint density at radius 3 is 2.53 bits per heavy atom. The van der Waals surface area contributed by atoms with Crippen LogP contribution < -0.4 is 0 Å². The minimum Gasteiger partial charge on any atom is -0.447 e. The highest BCUT2D eigenvalue weighted by Gasteiger charge is 2.42. The van der Waals surface area contributed by atoms with Crippen LogP contribution in [0.3, 0.4) is 0 Å². The van der Waals surface area contributed by atoms with Gasteiger partial charge < -0.3 is 9.84 Å². The van der Waals surface area contributed by atoms with Crippen LogP contribution >= 0.6 is 0 Å². The first-order chi connectivity index (χ1) is 8.81. The standard InChI is InChI=1S/C14H23NO4/c1-6-9(4)12(16)10(5)13(17)15-11(8(2)3)7-19-14(15)18/h6,8,10-12,16H,7H2,1-5H3/b9-6+/t10-,11?,12-/m1/s1. The van der Waals surface area contributed by atoms with Gasteiger partial charge in [0.1, 0.15) is 6.61 Å². The van der Waals surface area contributed by atoms with Crippen molar-refractivity contribution < 1.29 is 19.4 Å². The first-order valence-corrected chi connectivity index (χ1v) is 6.62. The van der Waals surface area contributed by atoms with Crippen LogP contribution in [0.4, 0.5) is 4.79 Å². The molecule has 5 nitrogen and oxygen atoms in total. The Labute approximate surface area is 114 Å². The second-order valence-corrected chi connectivity index (χ2v) is 5.36. The predicted octanol–water partition coefficient (Wildman–Crippen LogP) is 1.95. The predicted molar refractivity (Wildman–Crippen MR) is 71.4 cm³/mol. The molecule has 0 aromatic carbocycles. The van der Waals surface area contributed by atoms with Gasteiger partial charge in [0, 0.05) is 0 Å². The Morgan fingerprint density at radius 1 is 1.47 bits per heavy atom. The number of amides is 2. The highest BCUT2D eigenvalue weighted by molar-refractivity contribution is 5.95. The maximum Gasteiger partial charge on any atom is 0.416 e. The van der Waals surface area contributed by atoms with Crippen LogP contribution in [0.2, 0.25) is 0 Å². The highest BCUT2D eigenvalue weighted by Crippen LogP contribution is 2.24. The number of imide groups is 1. The zero-order valence-corrected chi connectivity index (χ0v) is 12.2. The molecule has 1 unspecified atom stereocenters. The van der Waals surface area contributed by atoms with Gasteiger partial charge in [0.15, 0.2) is 0 Å². The largest absolute Gasteiger partial charge is 0.447 e. The van der Waals surface area contributed by atoms with Gasteiger partial charge in [-0.15, -0.1) is 0 Å². The molecule has 0 saturated carbocycles. The molecule has 108 valence electrons. The van der Waals surface area contributed by atoms with E-state index in [-0.39, 0.29) is 24.5 Å². The molecular weight excluding hydrogens is 246 g/mol. The smallest absolute Gasteiger partial charge is 0.416 e. The SMILES string of the molecule is C/C=C(\C)[C@@H](O)[C@@H](C)C(=O)N1C(=O)OCC1C(C)C. The van der Waals surface area contributed by atoms with Gasteiger partial charge in [0.2, 0.25) is 5.91 Å². The number of nitrogens with zero attached hydrogens (tertiary/aromatic N) is 1. The van der Waals surface area contributed by atoms with E-state index in [2.05, 4.69) is 0 Å². The van der Waals surface area contributed by atoms with E-state index in [0.717, 1.165) is 10.5 Å². The van der Waals surface area contributed by atoms with Crippen LogP contribution in [0.15, 0.2) is 11.6 Å². The van der Waals surface area contributed by atoms with Gasteiger partial charge in [-0.2, -0.15) is 0 Å². The van der Waals surface area contributed by atoms with Crippen LogP contribution in [0.5, 0.6) is 0 Å². The van der Waals surface area contributed by atoms with Crippen LogP contribution in [-0.4, -0.2) is 40.8 Å². The lowest BCUT2D eigenvalue weighted by molar-refractivity contribution is -0.136. The van der Waals surface area contributed by atoms with Gasteiger partial charge in [-0.25, -0.2) is 9.69 Å². The summed E-state index contributed by atoms with van der Waals surface area (Å²) in [6.07, 6.45) is 0.274. The van der Waals surface area contributed by atoms with Crippen molar-refractivity contribution in [2.24, 2.45) is 11.8 Å². The van der Waals surface area contributed by atoms with Crippen molar-refractivity contribution in [3.05, 3.63) is 11.6 Å². The maximum atomic E-state index is 12.4. The van der Waals surface area contributed by atoms with Crippen LogP contribution in [0.1, 0.15) is 34.6 Å². The van der Waals surface area contributed by atoms with E-state index < -0.39 is 18.1 Å². The molecule has 0 bridgehead atoms. The molecule has 0 aromatic heterocycles. The molecule has 0 radical (unpaired) electrons. The lowest BCUT2D eigenvalue weighted by Gasteiger charge is -2.27. The van der Waals surface area contributed by atoms with E-state index in [1.807, 2.05) is 13.8 Å². The molecule has 1 N–H and O–H groups in total. The van der Waals surface area contributed by atoms with Gasteiger partial charge >= 0.3 is 6.09 Å². The van der Waals surface area contributed by atoms with Gasteiger partial charge in [-0.3, -0.25) is 4.79 Å². The van der Waals surface area contributed by atoms with Gasteiger partial charge in [0.25, 0.3) is 0 Å². The van der Waals surface area contributed by atoms with Crippen molar-refractivity contribution in [3.63, 3.8) is 0 Å². The van der Waals surface area contributed by atoms with Crippen molar-refractivity contribution in [2.45, 2.75) is 46.8 Å². The molecule has 1 fully saturated rings. The molecular formula is C14H23NO4.